The quantitative estimate of drug-likeness (QED) is 0.540. The van der Waals surface area contributed by atoms with Crippen LogP contribution < -0.4 is 9.30 Å². The zero-order valence-corrected chi connectivity index (χ0v) is 17.9. The van der Waals surface area contributed by atoms with Crippen LogP contribution in [0.4, 0.5) is 0 Å². The summed E-state index contributed by atoms with van der Waals surface area (Å²) in [4.78, 5) is 0. The molecular weight excluding hydrogens is 350 g/mol. The topological polar surface area (TPSA) is 31.6 Å². The number of hydrogen-bond acceptors (Lipinski definition) is 3. The monoisotopic (exact) mass is 382 g/mol. The highest BCUT2D eigenvalue weighted by Crippen LogP contribution is 2.63. The maximum atomic E-state index is 6.54. The van der Waals surface area contributed by atoms with E-state index in [4.69, 9.17) is 14.2 Å². The van der Waals surface area contributed by atoms with E-state index in [1.54, 1.807) is 0 Å². The summed E-state index contributed by atoms with van der Waals surface area (Å²) in [6.07, 6.45) is 2.30. The maximum Gasteiger partial charge on any atom is 0.197 e. The van der Waals surface area contributed by atoms with Gasteiger partial charge in [-0.2, -0.15) is 4.57 Å². The fraction of sp³-hybridized carbons (Fsp3) is 0.542. The molecule has 28 heavy (non-hydrogen) atoms. The Balaban J connectivity index is 2.06. The fourth-order valence-corrected chi connectivity index (χ4v) is 5.40. The van der Waals surface area contributed by atoms with Crippen molar-refractivity contribution in [3.63, 3.8) is 0 Å². The molecule has 0 saturated carbocycles. The van der Waals surface area contributed by atoms with Crippen molar-refractivity contribution in [2.75, 3.05) is 13.2 Å². The molecule has 4 nitrogen and oxygen atoms in total. The van der Waals surface area contributed by atoms with Crippen LogP contribution >= 0.6 is 0 Å². The second-order valence-corrected chi connectivity index (χ2v) is 8.55. The predicted octanol–water partition coefficient (Wildman–Crippen LogP) is 4.61. The zero-order chi connectivity index (χ0) is 20.1. The van der Waals surface area contributed by atoms with Crippen LogP contribution in [-0.2, 0) is 9.47 Å². The number of aromatic nitrogens is 1. The molecule has 1 aliphatic carbocycles. The first-order valence-electron chi connectivity index (χ1n) is 10.5. The highest BCUT2D eigenvalue weighted by atomic mass is 16.7. The molecule has 2 bridgehead atoms. The fourth-order valence-electron chi connectivity index (χ4n) is 5.40. The van der Waals surface area contributed by atoms with Gasteiger partial charge in [-0.15, -0.1) is 0 Å². The molecule has 5 rings (SSSR count). The second kappa shape index (κ2) is 6.85. The van der Waals surface area contributed by atoms with Gasteiger partial charge in [0.25, 0.3) is 0 Å². The van der Waals surface area contributed by atoms with Crippen molar-refractivity contribution in [1.29, 1.82) is 0 Å². The van der Waals surface area contributed by atoms with Gasteiger partial charge in [0.1, 0.15) is 11.7 Å². The minimum absolute atomic E-state index is 0.0569. The van der Waals surface area contributed by atoms with E-state index in [-0.39, 0.29) is 23.5 Å². The van der Waals surface area contributed by atoms with Crippen LogP contribution in [0.1, 0.15) is 70.3 Å². The summed E-state index contributed by atoms with van der Waals surface area (Å²) < 4.78 is 21.8. The SMILES string of the molecule is CCOC1(OCC)C2c3c(OC(C)C)cccc3C([n+]3ccccc32)C1(C)C. The predicted molar refractivity (Wildman–Crippen MR) is 109 cm³/mol. The number of pyridine rings is 1. The molecule has 2 aromatic rings. The Hall–Kier alpha value is -1.91. The van der Waals surface area contributed by atoms with Gasteiger partial charge in [0.2, 0.25) is 0 Å². The smallest absolute Gasteiger partial charge is 0.197 e. The molecular formula is C24H32NO3+. The Bertz CT molecular complexity index is 868. The minimum Gasteiger partial charge on any atom is -0.491 e. The third kappa shape index (κ3) is 2.47. The van der Waals surface area contributed by atoms with E-state index in [1.807, 2.05) is 0 Å². The molecule has 0 N–H and O–H groups in total. The van der Waals surface area contributed by atoms with Crippen molar-refractivity contribution in [3.8, 4) is 5.75 Å². The Morgan fingerprint density at radius 2 is 1.71 bits per heavy atom. The molecule has 4 heteroatoms. The summed E-state index contributed by atoms with van der Waals surface area (Å²) in [7, 11) is 0. The van der Waals surface area contributed by atoms with Crippen molar-refractivity contribution in [1.82, 2.24) is 0 Å². The first kappa shape index (κ1) is 19.4. The summed E-state index contributed by atoms with van der Waals surface area (Å²) >= 11 is 0. The standard InChI is InChI=1S/C24H32NO3/c1-7-26-24(27-8-2)21-18-13-9-10-15-25(18)22(23(24,5)6)17-12-11-14-19(20(17)21)28-16(3)4/h9-16,21-22H,7-8H2,1-6H3/q+1. The van der Waals surface area contributed by atoms with E-state index < -0.39 is 5.79 Å². The molecule has 2 atom stereocenters. The zero-order valence-electron chi connectivity index (χ0n) is 17.9. The molecule has 1 aromatic carbocycles. The molecule has 0 fully saturated rings. The molecule has 2 unspecified atom stereocenters. The average Bonchev–Trinajstić information content (AvgIpc) is 2.64. The molecule has 0 saturated heterocycles. The van der Waals surface area contributed by atoms with Crippen LogP contribution in [0.5, 0.6) is 5.75 Å². The Morgan fingerprint density at radius 3 is 2.36 bits per heavy atom. The third-order valence-electron chi connectivity index (χ3n) is 6.22. The molecule has 0 spiro atoms. The molecule has 0 amide bonds. The van der Waals surface area contributed by atoms with E-state index in [2.05, 4.69) is 88.7 Å². The minimum atomic E-state index is -0.744. The number of benzene rings is 1. The van der Waals surface area contributed by atoms with Gasteiger partial charge in [0, 0.05) is 36.5 Å². The lowest BCUT2D eigenvalue weighted by Gasteiger charge is -2.57. The summed E-state index contributed by atoms with van der Waals surface area (Å²) in [5.74, 6) is 0.141. The highest BCUT2D eigenvalue weighted by molar-refractivity contribution is 5.53. The molecule has 3 heterocycles. The van der Waals surface area contributed by atoms with Crippen molar-refractivity contribution >= 4 is 0 Å². The molecule has 1 aromatic heterocycles. The number of nitrogens with zero attached hydrogens (tertiary/aromatic N) is 1. The summed E-state index contributed by atoms with van der Waals surface area (Å²) in [6.45, 7) is 14.0. The van der Waals surface area contributed by atoms with Gasteiger partial charge in [0.05, 0.1) is 11.5 Å². The van der Waals surface area contributed by atoms with Crippen LogP contribution in [0.25, 0.3) is 0 Å². The lowest BCUT2D eigenvalue weighted by atomic mass is 9.57. The second-order valence-electron chi connectivity index (χ2n) is 8.55. The molecule has 3 aliphatic rings. The van der Waals surface area contributed by atoms with Crippen molar-refractivity contribution in [3.05, 3.63) is 59.4 Å². The molecule has 150 valence electrons. The van der Waals surface area contributed by atoms with Gasteiger partial charge in [-0.1, -0.05) is 18.2 Å². The van der Waals surface area contributed by atoms with E-state index in [1.165, 1.54) is 16.8 Å². The van der Waals surface area contributed by atoms with Gasteiger partial charge in [-0.25, -0.2) is 0 Å². The average molecular weight is 383 g/mol. The molecule has 2 aliphatic heterocycles. The number of hydrogen-bond donors (Lipinski definition) is 0. The van der Waals surface area contributed by atoms with Crippen LogP contribution in [0, 0.1) is 5.41 Å². The maximum absolute atomic E-state index is 6.54. The van der Waals surface area contributed by atoms with Crippen molar-refractivity contribution in [2.45, 2.75) is 65.4 Å². The number of rotatable bonds is 6. The largest absolute Gasteiger partial charge is 0.491 e. The Labute approximate surface area is 168 Å². The van der Waals surface area contributed by atoms with Gasteiger partial charge in [-0.3, -0.25) is 0 Å². The summed E-state index contributed by atoms with van der Waals surface area (Å²) in [6, 6.07) is 13.0. The number of ether oxygens (including phenoxy) is 3. The third-order valence-corrected chi connectivity index (χ3v) is 6.22. The molecule has 0 radical (unpaired) electrons. The summed E-state index contributed by atoms with van der Waals surface area (Å²) in [5, 5.41) is 0. The van der Waals surface area contributed by atoms with Crippen molar-refractivity contribution < 1.29 is 18.8 Å². The van der Waals surface area contributed by atoms with Gasteiger partial charge in [0.15, 0.2) is 23.7 Å². The lowest BCUT2D eigenvalue weighted by molar-refractivity contribution is -0.755. The normalized spacial score (nSPS) is 23.4. The van der Waals surface area contributed by atoms with Crippen molar-refractivity contribution in [2.24, 2.45) is 5.41 Å². The van der Waals surface area contributed by atoms with E-state index >= 15 is 0 Å². The van der Waals surface area contributed by atoms with Gasteiger partial charge in [-0.05, 0) is 47.6 Å². The van der Waals surface area contributed by atoms with Crippen LogP contribution in [0.15, 0.2) is 42.6 Å². The Kier molecular flexibility index (Phi) is 4.75. The van der Waals surface area contributed by atoms with Crippen LogP contribution in [0.3, 0.4) is 0 Å². The van der Waals surface area contributed by atoms with E-state index in [0.29, 0.717) is 13.2 Å². The summed E-state index contributed by atoms with van der Waals surface area (Å²) in [5.41, 5.74) is 3.49. The van der Waals surface area contributed by atoms with Crippen LogP contribution in [-0.4, -0.2) is 25.1 Å². The van der Waals surface area contributed by atoms with Gasteiger partial charge >= 0.3 is 0 Å². The number of fused-ring (bicyclic) bond motifs is 1. The van der Waals surface area contributed by atoms with Crippen LogP contribution in [0.2, 0.25) is 0 Å². The first-order chi connectivity index (χ1) is 13.4. The first-order valence-corrected chi connectivity index (χ1v) is 10.5. The van der Waals surface area contributed by atoms with Gasteiger partial charge < -0.3 is 14.2 Å². The Morgan fingerprint density at radius 1 is 1.00 bits per heavy atom. The van der Waals surface area contributed by atoms with E-state index in [0.717, 1.165) is 5.75 Å². The lowest BCUT2D eigenvalue weighted by Crippen LogP contribution is -2.71. The highest BCUT2D eigenvalue weighted by Gasteiger charge is 2.71. The van der Waals surface area contributed by atoms with E-state index in [9.17, 15) is 0 Å².